The summed E-state index contributed by atoms with van der Waals surface area (Å²) in [5.41, 5.74) is 11.6. The molecule has 10 aromatic rings. The fourth-order valence-electron chi connectivity index (χ4n) is 8.87. The van der Waals surface area contributed by atoms with E-state index < -0.39 is 0 Å². The summed E-state index contributed by atoms with van der Waals surface area (Å²) in [6.45, 7) is 4.74. The second kappa shape index (κ2) is 11.5. The van der Waals surface area contributed by atoms with Crippen molar-refractivity contribution in [1.29, 1.82) is 0 Å². The Balaban J connectivity index is 1.20. The number of benzene rings is 8. The Labute approximate surface area is 313 Å². The maximum Gasteiger partial charge on any atom is 0.164 e. The summed E-state index contributed by atoms with van der Waals surface area (Å²) in [5, 5.41) is 7.33. The van der Waals surface area contributed by atoms with Gasteiger partial charge < -0.3 is 4.57 Å². The average Bonchev–Trinajstić information content (AvgIpc) is 3.69. The summed E-state index contributed by atoms with van der Waals surface area (Å²) in [6.07, 6.45) is 0. The predicted octanol–water partition coefficient (Wildman–Crippen LogP) is 12.6. The van der Waals surface area contributed by atoms with Crippen LogP contribution in [0.5, 0.6) is 0 Å². The van der Waals surface area contributed by atoms with Crippen molar-refractivity contribution in [2.45, 2.75) is 19.3 Å². The zero-order valence-electron chi connectivity index (χ0n) is 30.0. The summed E-state index contributed by atoms with van der Waals surface area (Å²) in [6, 6.07) is 60.7. The highest BCUT2D eigenvalue weighted by atomic mass is 15.0. The molecule has 0 fully saturated rings. The van der Waals surface area contributed by atoms with Gasteiger partial charge in [-0.2, -0.15) is 0 Å². The first-order valence-corrected chi connectivity index (χ1v) is 18.5. The number of nitrogens with zero attached hydrogens (tertiary/aromatic N) is 4. The molecular weight excluding hydrogens is 657 g/mol. The molecule has 0 saturated carbocycles. The Bertz CT molecular complexity index is 3060. The van der Waals surface area contributed by atoms with Gasteiger partial charge >= 0.3 is 0 Å². The minimum Gasteiger partial charge on any atom is -0.309 e. The Morgan fingerprint density at radius 1 is 0.426 bits per heavy atom. The van der Waals surface area contributed by atoms with E-state index in [0.717, 1.165) is 33.3 Å². The van der Waals surface area contributed by atoms with E-state index in [9.17, 15) is 0 Å². The molecule has 2 heterocycles. The molecular formula is C50H34N4. The van der Waals surface area contributed by atoms with Crippen LogP contribution in [0, 0.1) is 0 Å². The Morgan fingerprint density at radius 2 is 1.02 bits per heavy atom. The third kappa shape index (κ3) is 4.53. The van der Waals surface area contributed by atoms with Crippen LogP contribution < -0.4 is 0 Å². The van der Waals surface area contributed by atoms with E-state index in [1.165, 1.54) is 54.7 Å². The Hall–Kier alpha value is -6.91. The maximum absolute atomic E-state index is 5.08. The summed E-state index contributed by atoms with van der Waals surface area (Å²) < 4.78 is 2.46. The van der Waals surface area contributed by atoms with Crippen molar-refractivity contribution in [3.63, 3.8) is 0 Å². The molecule has 0 unspecified atom stereocenters. The number of fused-ring (bicyclic) bond motifs is 10. The number of aromatic nitrogens is 4. The van der Waals surface area contributed by atoms with Gasteiger partial charge in [-0.25, -0.2) is 15.0 Å². The van der Waals surface area contributed by atoms with Crippen LogP contribution in [0.3, 0.4) is 0 Å². The Kier molecular flexibility index (Phi) is 6.56. The average molecular weight is 691 g/mol. The minimum atomic E-state index is -0.127. The van der Waals surface area contributed by atoms with Crippen molar-refractivity contribution >= 4 is 43.4 Å². The van der Waals surface area contributed by atoms with Crippen molar-refractivity contribution in [3.05, 3.63) is 181 Å². The molecule has 4 nitrogen and oxygen atoms in total. The van der Waals surface area contributed by atoms with Crippen molar-refractivity contribution in [2.75, 3.05) is 0 Å². The van der Waals surface area contributed by atoms with Gasteiger partial charge in [0.2, 0.25) is 0 Å². The van der Waals surface area contributed by atoms with Crippen LogP contribution in [0.1, 0.15) is 25.0 Å². The van der Waals surface area contributed by atoms with Gasteiger partial charge in [0, 0.05) is 44.0 Å². The summed E-state index contributed by atoms with van der Waals surface area (Å²) >= 11 is 0. The van der Waals surface area contributed by atoms with Crippen LogP contribution in [0.2, 0.25) is 0 Å². The number of hydrogen-bond donors (Lipinski definition) is 0. The largest absolute Gasteiger partial charge is 0.309 e. The zero-order valence-corrected chi connectivity index (χ0v) is 30.0. The predicted molar refractivity (Wildman–Crippen MR) is 223 cm³/mol. The number of hydrogen-bond acceptors (Lipinski definition) is 3. The topological polar surface area (TPSA) is 43.6 Å². The molecule has 4 heteroatoms. The van der Waals surface area contributed by atoms with Gasteiger partial charge in [-0.05, 0) is 68.7 Å². The van der Waals surface area contributed by atoms with E-state index in [-0.39, 0.29) is 5.41 Å². The third-order valence-electron chi connectivity index (χ3n) is 11.4. The monoisotopic (exact) mass is 690 g/mol. The van der Waals surface area contributed by atoms with Crippen LogP contribution in [0.4, 0.5) is 0 Å². The molecule has 0 saturated heterocycles. The van der Waals surface area contributed by atoms with Crippen LogP contribution in [-0.4, -0.2) is 19.5 Å². The highest BCUT2D eigenvalue weighted by Gasteiger charge is 2.37. The lowest BCUT2D eigenvalue weighted by Crippen LogP contribution is -2.15. The number of rotatable bonds is 4. The van der Waals surface area contributed by atoms with Crippen molar-refractivity contribution in [2.24, 2.45) is 0 Å². The highest BCUT2D eigenvalue weighted by Crippen LogP contribution is 2.52. The first-order chi connectivity index (χ1) is 26.5. The third-order valence-corrected chi connectivity index (χ3v) is 11.4. The zero-order chi connectivity index (χ0) is 36.0. The molecule has 1 aliphatic carbocycles. The summed E-state index contributed by atoms with van der Waals surface area (Å²) in [5.74, 6) is 1.96. The molecule has 54 heavy (non-hydrogen) atoms. The molecule has 0 bridgehead atoms. The van der Waals surface area contributed by atoms with Gasteiger partial charge in [0.15, 0.2) is 17.5 Å². The van der Waals surface area contributed by atoms with Crippen LogP contribution in [0.15, 0.2) is 170 Å². The molecule has 254 valence electrons. The molecule has 0 spiro atoms. The van der Waals surface area contributed by atoms with Gasteiger partial charge in [0.05, 0.1) is 11.0 Å². The molecule has 8 aromatic carbocycles. The van der Waals surface area contributed by atoms with Crippen molar-refractivity contribution in [3.8, 4) is 51.0 Å². The quantitative estimate of drug-likeness (QED) is 0.185. The van der Waals surface area contributed by atoms with E-state index in [1.54, 1.807) is 0 Å². The summed E-state index contributed by atoms with van der Waals surface area (Å²) in [7, 11) is 0. The van der Waals surface area contributed by atoms with Gasteiger partial charge in [-0.15, -0.1) is 0 Å². The second-order valence-corrected chi connectivity index (χ2v) is 14.9. The minimum absolute atomic E-state index is 0.127. The smallest absolute Gasteiger partial charge is 0.164 e. The van der Waals surface area contributed by atoms with Crippen LogP contribution >= 0.6 is 0 Å². The fraction of sp³-hybridized carbons (Fsp3) is 0.0600. The van der Waals surface area contributed by atoms with Crippen molar-refractivity contribution in [1.82, 2.24) is 19.5 Å². The van der Waals surface area contributed by atoms with E-state index in [2.05, 4.69) is 152 Å². The molecule has 0 radical (unpaired) electrons. The lowest BCUT2D eigenvalue weighted by Gasteiger charge is -2.23. The Morgan fingerprint density at radius 3 is 1.76 bits per heavy atom. The molecule has 11 rings (SSSR count). The highest BCUT2D eigenvalue weighted by molar-refractivity contribution is 6.20. The van der Waals surface area contributed by atoms with Gasteiger partial charge in [0.25, 0.3) is 0 Å². The lowest BCUT2D eigenvalue weighted by atomic mass is 9.80. The van der Waals surface area contributed by atoms with Gasteiger partial charge in [-0.1, -0.05) is 153 Å². The molecule has 0 atom stereocenters. The molecule has 0 aliphatic heterocycles. The van der Waals surface area contributed by atoms with E-state index >= 15 is 0 Å². The molecule has 0 amide bonds. The fourth-order valence-corrected chi connectivity index (χ4v) is 8.87. The standard InChI is InChI=1S/C50H34N4/c1-50(2)43-20-12-11-19-37(43)38-24-26-40-39(45(38)50)25-27-41-42-30-35(22-28-44(42)54(46(40)41)36-23-21-31-13-9-10-18-34(31)29-36)49-52-47(32-14-5-3-6-15-32)51-48(53-49)33-16-7-4-8-17-33/h3-30H,1-2H3. The lowest BCUT2D eigenvalue weighted by molar-refractivity contribution is 0.666. The second-order valence-electron chi connectivity index (χ2n) is 14.9. The molecule has 0 N–H and O–H groups in total. The maximum atomic E-state index is 5.08. The first kappa shape index (κ1) is 30.7. The summed E-state index contributed by atoms with van der Waals surface area (Å²) in [4.78, 5) is 15.1. The van der Waals surface area contributed by atoms with E-state index in [4.69, 9.17) is 15.0 Å². The van der Waals surface area contributed by atoms with Crippen LogP contribution in [0.25, 0.3) is 94.3 Å². The SMILES string of the molecule is CC1(C)c2ccccc2-c2ccc3c(ccc4c5cc(-c6nc(-c7ccccc7)nc(-c7ccccc7)n6)ccc5n(-c5ccc6ccccc6c5)c34)c21. The molecule has 2 aromatic heterocycles. The van der Waals surface area contributed by atoms with E-state index in [0.29, 0.717) is 17.5 Å². The van der Waals surface area contributed by atoms with E-state index in [1.807, 2.05) is 36.4 Å². The molecule has 1 aliphatic rings. The normalized spacial score (nSPS) is 13.1. The first-order valence-electron chi connectivity index (χ1n) is 18.5. The van der Waals surface area contributed by atoms with Crippen molar-refractivity contribution < 1.29 is 0 Å². The van der Waals surface area contributed by atoms with Crippen LogP contribution in [-0.2, 0) is 5.41 Å². The van der Waals surface area contributed by atoms with Gasteiger partial charge in [0.1, 0.15) is 0 Å². The van der Waals surface area contributed by atoms with Gasteiger partial charge in [-0.3, -0.25) is 0 Å².